The number of ketones is 1. The van der Waals surface area contributed by atoms with Gasteiger partial charge in [0.15, 0.2) is 0 Å². The number of nitrogens with one attached hydrogen (secondary N) is 1. The Hall–Kier alpha value is -0.860. The fourth-order valence-corrected chi connectivity index (χ4v) is 1.88. The molecule has 0 atom stereocenters. The predicted octanol–water partition coefficient (Wildman–Crippen LogP) is 3.71. The van der Waals surface area contributed by atoms with Crippen molar-refractivity contribution < 1.29 is 9.59 Å². The molecule has 1 amide bonds. The van der Waals surface area contributed by atoms with Crippen LogP contribution in [-0.4, -0.2) is 18.2 Å². The number of Topliss-reactive ketones (excluding diaryl/α,β-unsaturated/α-hetero) is 1. The van der Waals surface area contributed by atoms with Crippen molar-refractivity contribution in [2.45, 2.75) is 72.6 Å². The molecule has 0 rings (SSSR count). The van der Waals surface area contributed by atoms with Crippen molar-refractivity contribution in [3.8, 4) is 0 Å². The molecule has 0 radical (unpaired) electrons. The molecule has 0 aromatic carbocycles. The molecule has 112 valence electrons. The Morgan fingerprint density at radius 1 is 0.895 bits per heavy atom. The van der Waals surface area contributed by atoms with Crippen LogP contribution in [0.3, 0.4) is 0 Å². The zero-order chi connectivity index (χ0) is 14.7. The van der Waals surface area contributed by atoms with Gasteiger partial charge < -0.3 is 5.32 Å². The molecule has 0 unspecified atom stereocenters. The number of unbranched alkanes of at least 4 members (excludes halogenated alkanes) is 2. The summed E-state index contributed by atoms with van der Waals surface area (Å²) in [5.74, 6) is 1.34. The summed E-state index contributed by atoms with van der Waals surface area (Å²) in [7, 11) is 0. The van der Waals surface area contributed by atoms with E-state index in [1.807, 2.05) is 13.8 Å². The van der Waals surface area contributed by atoms with Crippen LogP contribution in [0.2, 0.25) is 0 Å². The monoisotopic (exact) mass is 269 g/mol. The first-order valence-corrected chi connectivity index (χ1v) is 7.73. The van der Waals surface area contributed by atoms with Gasteiger partial charge in [-0.05, 0) is 25.2 Å². The molecular weight excluding hydrogens is 238 g/mol. The Morgan fingerprint density at radius 2 is 1.58 bits per heavy atom. The molecule has 0 aliphatic heterocycles. The van der Waals surface area contributed by atoms with Crippen LogP contribution in [0, 0.1) is 11.8 Å². The fraction of sp³-hybridized carbons (Fsp3) is 0.875. The summed E-state index contributed by atoms with van der Waals surface area (Å²) in [5.41, 5.74) is 0. The van der Waals surface area contributed by atoms with Crippen LogP contribution in [0.5, 0.6) is 0 Å². The quantitative estimate of drug-likeness (QED) is 0.581. The molecule has 0 aromatic heterocycles. The van der Waals surface area contributed by atoms with E-state index in [9.17, 15) is 9.59 Å². The maximum atomic E-state index is 11.5. The Balaban J connectivity index is 3.34. The summed E-state index contributed by atoms with van der Waals surface area (Å²) >= 11 is 0. The minimum absolute atomic E-state index is 0.153. The van der Waals surface area contributed by atoms with Gasteiger partial charge in [-0.2, -0.15) is 0 Å². The third-order valence-electron chi connectivity index (χ3n) is 3.25. The average molecular weight is 269 g/mol. The van der Waals surface area contributed by atoms with Crippen LogP contribution in [0.25, 0.3) is 0 Å². The van der Waals surface area contributed by atoms with Crippen molar-refractivity contribution in [1.82, 2.24) is 5.32 Å². The van der Waals surface area contributed by atoms with E-state index >= 15 is 0 Å². The lowest BCUT2D eigenvalue weighted by Crippen LogP contribution is -2.24. The van der Waals surface area contributed by atoms with E-state index < -0.39 is 0 Å². The maximum absolute atomic E-state index is 11.5. The molecule has 0 saturated carbocycles. The van der Waals surface area contributed by atoms with Gasteiger partial charge in [0.1, 0.15) is 5.78 Å². The third kappa shape index (κ3) is 11.9. The second kappa shape index (κ2) is 11.0. The zero-order valence-corrected chi connectivity index (χ0v) is 13.1. The Labute approximate surface area is 118 Å². The van der Waals surface area contributed by atoms with Crippen LogP contribution in [0.4, 0.5) is 0 Å². The van der Waals surface area contributed by atoms with Gasteiger partial charge in [0.05, 0.1) is 0 Å². The first-order chi connectivity index (χ1) is 8.93. The van der Waals surface area contributed by atoms with Gasteiger partial charge in [0, 0.05) is 25.3 Å². The molecule has 0 fully saturated rings. The summed E-state index contributed by atoms with van der Waals surface area (Å²) in [6, 6.07) is 0. The first kappa shape index (κ1) is 18.1. The van der Waals surface area contributed by atoms with Crippen LogP contribution in [0.15, 0.2) is 0 Å². The van der Waals surface area contributed by atoms with Gasteiger partial charge in [0.25, 0.3) is 0 Å². The van der Waals surface area contributed by atoms with Gasteiger partial charge in [-0.15, -0.1) is 0 Å². The van der Waals surface area contributed by atoms with E-state index in [1.165, 1.54) is 0 Å². The van der Waals surface area contributed by atoms with Crippen LogP contribution in [-0.2, 0) is 9.59 Å². The summed E-state index contributed by atoms with van der Waals surface area (Å²) in [5, 5.41) is 2.94. The van der Waals surface area contributed by atoms with E-state index in [-0.39, 0.29) is 11.8 Å². The van der Waals surface area contributed by atoms with Crippen molar-refractivity contribution in [1.29, 1.82) is 0 Å². The van der Waals surface area contributed by atoms with Crippen LogP contribution in [0.1, 0.15) is 72.6 Å². The van der Waals surface area contributed by atoms with Crippen LogP contribution < -0.4 is 5.32 Å². The number of amides is 1. The molecule has 0 aliphatic rings. The van der Waals surface area contributed by atoms with Crippen molar-refractivity contribution in [3.05, 3.63) is 0 Å². The second-order valence-corrected chi connectivity index (χ2v) is 6.07. The third-order valence-corrected chi connectivity index (χ3v) is 3.25. The van der Waals surface area contributed by atoms with Crippen molar-refractivity contribution in [2.75, 3.05) is 6.54 Å². The summed E-state index contributed by atoms with van der Waals surface area (Å²) in [6.45, 7) is 8.99. The highest BCUT2D eigenvalue weighted by Gasteiger charge is 2.06. The molecule has 3 heteroatoms. The number of hydrogen-bond acceptors (Lipinski definition) is 2. The van der Waals surface area contributed by atoms with Crippen LogP contribution >= 0.6 is 0 Å². The highest BCUT2D eigenvalue weighted by Crippen LogP contribution is 2.07. The minimum atomic E-state index is 0.153. The fourth-order valence-electron chi connectivity index (χ4n) is 1.88. The molecule has 0 spiro atoms. The van der Waals surface area contributed by atoms with E-state index in [4.69, 9.17) is 0 Å². The number of hydrogen-bond donors (Lipinski definition) is 1. The number of rotatable bonds is 11. The first-order valence-electron chi connectivity index (χ1n) is 7.73. The van der Waals surface area contributed by atoms with E-state index in [2.05, 4.69) is 19.2 Å². The van der Waals surface area contributed by atoms with Gasteiger partial charge in [-0.3, -0.25) is 9.59 Å². The van der Waals surface area contributed by atoms with Gasteiger partial charge in [-0.1, -0.05) is 40.5 Å². The SMILES string of the molecule is CC(C)CCCC(=O)NCCCCCC(=O)C(C)C. The van der Waals surface area contributed by atoms with Crippen molar-refractivity contribution in [2.24, 2.45) is 11.8 Å². The lowest BCUT2D eigenvalue weighted by Gasteiger charge is -2.07. The molecule has 0 aliphatic carbocycles. The average Bonchev–Trinajstić information content (AvgIpc) is 2.32. The normalized spacial score (nSPS) is 11.1. The number of carbonyl (C=O) groups excluding carboxylic acids is 2. The Kier molecular flexibility index (Phi) is 10.5. The lowest BCUT2D eigenvalue weighted by molar-refractivity contribution is -0.122. The molecule has 1 N–H and O–H groups in total. The minimum Gasteiger partial charge on any atom is -0.356 e. The molecule has 0 saturated heterocycles. The molecule has 0 heterocycles. The lowest BCUT2D eigenvalue weighted by atomic mass is 10.0. The maximum Gasteiger partial charge on any atom is 0.219 e. The van der Waals surface area contributed by atoms with E-state index in [0.717, 1.165) is 38.6 Å². The van der Waals surface area contributed by atoms with E-state index in [1.54, 1.807) is 0 Å². The molecular formula is C16H31NO2. The van der Waals surface area contributed by atoms with Crippen molar-refractivity contribution in [3.63, 3.8) is 0 Å². The Bertz CT molecular complexity index is 259. The van der Waals surface area contributed by atoms with E-state index in [0.29, 0.717) is 24.5 Å². The predicted molar refractivity (Wildman–Crippen MR) is 80.0 cm³/mol. The van der Waals surface area contributed by atoms with Gasteiger partial charge in [-0.25, -0.2) is 0 Å². The topological polar surface area (TPSA) is 46.2 Å². The molecule has 19 heavy (non-hydrogen) atoms. The second-order valence-electron chi connectivity index (χ2n) is 6.07. The van der Waals surface area contributed by atoms with Gasteiger partial charge in [0.2, 0.25) is 5.91 Å². The summed E-state index contributed by atoms with van der Waals surface area (Å²) < 4.78 is 0. The molecule has 3 nitrogen and oxygen atoms in total. The summed E-state index contributed by atoms with van der Waals surface area (Å²) in [6.07, 6.45) is 6.35. The highest BCUT2D eigenvalue weighted by atomic mass is 16.1. The van der Waals surface area contributed by atoms with Gasteiger partial charge >= 0.3 is 0 Å². The van der Waals surface area contributed by atoms with Crippen molar-refractivity contribution >= 4 is 11.7 Å². The highest BCUT2D eigenvalue weighted by molar-refractivity contribution is 5.80. The summed E-state index contributed by atoms with van der Waals surface area (Å²) in [4.78, 5) is 22.9. The molecule has 0 bridgehead atoms. The Morgan fingerprint density at radius 3 is 2.16 bits per heavy atom. The molecule has 0 aromatic rings. The largest absolute Gasteiger partial charge is 0.356 e. The number of carbonyl (C=O) groups is 2. The standard InChI is InChI=1S/C16H31NO2/c1-13(2)9-8-11-16(19)17-12-7-5-6-10-15(18)14(3)4/h13-14H,5-12H2,1-4H3,(H,17,19). The smallest absolute Gasteiger partial charge is 0.219 e. The zero-order valence-electron chi connectivity index (χ0n) is 13.1.